The molecule has 25 heavy (non-hydrogen) atoms. The Kier molecular flexibility index (Phi) is 6.55. The van der Waals surface area contributed by atoms with Crippen molar-refractivity contribution in [1.29, 1.82) is 0 Å². The summed E-state index contributed by atoms with van der Waals surface area (Å²) in [5, 5.41) is 5.47. The molecule has 0 saturated carbocycles. The van der Waals surface area contributed by atoms with Crippen LogP contribution < -0.4 is 15.4 Å². The smallest absolute Gasteiger partial charge is 0.387 e. The van der Waals surface area contributed by atoms with Crippen molar-refractivity contribution in [2.24, 2.45) is 0 Å². The van der Waals surface area contributed by atoms with Crippen LogP contribution in [0.5, 0.6) is 5.75 Å². The molecule has 5 nitrogen and oxygen atoms in total. The number of benzene rings is 2. The minimum atomic E-state index is -2.92. The molecule has 2 aromatic rings. The summed E-state index contributed by atoms with van der Waals surface area (Å²) < 4.78 is 28.3. The fraction of sp³-hybridized carbons (Fsp3) is 0.125. The Morgan fingerprint density at radius 1 is 1.04 bits per heavy atom. The maximum atomic E-state index is 12.0. The van der Waals surface area contributed by atoms with Crippen LogP contribution in [0.1, 0.15) is 10.4 Å². The summed E-state index contributed by atoms with van der Waals surface area (Å²) in [5.41, 5.74) is 0.631. The first kappa shape index (κ1) is 19.0. The number of carbonyl (C=O) groups excluding carboxylic acids is 2. The second kappa shape index (κ2) is 8.64. The van der Waals surface area contributed by atoms with E-state index in [1.807, 2.05) is 0 Å². The number of hydrogen-bond donors (Lipinski definition) is 2. The van der Waals surface area contributed by atoms with Crippen LogP contribution in [0.3, 0.4) is 0 Å². The third-order valence-electron chi connectivity index (χ3n) is 2.95. The van der Waals surface area contributed by atoms with Crippen LogP contribution in [0.2, 0.25) is 10.0 Å². The molecular weight excluding hydrogens is 377 g/mol. The highest BCUT2D eigenvalue weighted by molar-refractivity contribution is 6.42. The van der Waals surface area contributed by atoms with E-state index in [9.17, 15) is 18.4 Å². The van der Waals surface area contributed by atoms with Gasteiger partial charge in [-0.05, 0) is 42.5 Å². The molecule has 0 radical (unpaired) electrons. The summed E-state index contributed by atoms with van der Waals surface area (Å²) in [5.74, 6) is -1.01. The van der Waals surface area contributed by atoms with Gasteiger partial charge in [0.15, 0.2) is 0 Å². The molecule has 0 fully saturated rings. The molecule has 0 saturated heterocycles. The van der Waals surface area contributed by atoms with Gasteiger partial charge in [-0.2, -0.15) is 8.78 Å². The number of halogens is 4. The number of carbonyl (C=O) groups is 2. The summed E-state index contributed by atoms with van der Waals surface area (Å²) in [4.78, 5) is 23.7. The standard InChI is InChI=1S/C16H12Cl2F2N2O3/c17-12-6-1-9(7-13(12)18)15(24)21-8-14(23)22-10-2-4-11(5-3-10)25-16(19)20/h1-7,16H,8H2,(H,21,24)(H,22,23). The lowest BCUT2D eigenvalue weighted by Crippen LogP contribution is -2.32. The maximum absolute atomic E-state index is 12.0. The van der Waals surface area contributed by atoms with Gasteiger partial charge in [-0.15, -0.1) is 0 Å². The molecule has 0 aliphatic rings. The number of anilines is 1. The molecule has 2 aromatic carbocycles. The SMILES string of the molecule is O=C(CNC(=O)c1ccc(Cl)c(Cl)c1)Nc1ccc(OC(F)F)cc1. The van der Waals surface area contributed by atoms with Gasteiger partial charge < -0.3 is 15.4 Å². The molecule has 0 heterocycles. The average Bonchev–Trinajstić information content (AvgIpc) is 2.56. The van der Waals surface area contributed by atoms with E-state index in [2.05, 4.69) is 15.4 Å². The highest BCUT2D eigenvalue weighted by atomic mass is 35.5. The quantitative estimate of drug-likeness (QED) is 0.786. The van der Waals surface area contributed by atoms with E-state index in [0.29, 0.717) is 10.7 Å². The van der Waals surface area contributed by atoms with Crippen molar-refractivity contribution in [2.45, 2.75) is 6.61 Å². The van der Waals surface area contributed by atoms with Gasteiger partial charge in [0.1, 0.15) is 5.75 Å². The Morgan fingerprint density at radius 2 is 1.72 bits per heavy atom. The van der Waals surface area contributed by atoms with E-state index < -0.39 is 18.4 Å². The van der Waals surface area contributed by atoms with Crippen LogP contribution in [-0.2, 0) is 4.79 Å². The first-order valence-corrected chi connectivity index (χ1v) is 7.68. The number of amides is 2. The highest BCUT2D eigenvalue weighted by Crippen LogP contribution is 2.22. The van der Waals surface area contributed by atoms with Gasteiger partial charge in [-0.25, -0.2) is 0 Å². The summed E-state index contributed by atoms with van der Waals surface area (Å²) in [6.07, 6.45) is 0. The van der Waals surface area contributed by atoms with Crippen LogP contribution in [0.25, 0.3) is 0 Å². The van der Waals surface area contributed by atoms with Gasteiger partial charge in [0, 0.05) is 11.3 Å². The zero-order chi connectivity index (χ0) is 18.4. The molecule has 0 spiro atoms. The third kappa shape index (κ3) is 5.88. The molecular formula is C16H12Cl2F2N2O3. The van der Waals surface area contributed by atoms with Crippen LogP contribution >= 0.6 is 23.2 Å². The summed E-state index contributed by atoms with van der Waals surface area (Å²) in [7, 11) is 0. The number of alkyl halides is 2. The van der Waals surface area contributed by atoms with E-state index >= 15 is 0 Å². The van der Waals surface area contributed by atoms with Crippen molar-refractivity contribution in [2.75, 3.05) is 11.9 Å². The molecule has 2 amide bonds. The van der Waals surface area contributed by atoms with E-state index in [-0.39, 0.29) is 22.9 Å². The normalized spacial score (nSPS) is 10.4. The van der Waals surface area contributed by atoms with E-state index in [1.54, 1.807) is 0 Å². The molecule has 0 unspecified atom stereocenters. The number of nitrogens with one attached hydrogen (secondary N) is 2. The molecule has 0 aromatic heterocycles. The molecule has 2 N–H and O–H groups in total. The lowest BCUT2D eigenvalue weighted by molar-refractivity contribution is -0.115. The van der Waals surface area contributed by atoms with Crippen molar-refractivity contribution in [3.63, 3.8) is 0 Å². The Balaban J connectivity index is 1.85. The molecule has 0 aliphatic heterocycles. The van der Waals surface area contributed by atoms with Gasteiger partial charge in [0.25, 0.3) is 5.91 Å². The van der Waals surface area contributed by atoms with Gasteiger partial charge in [0.05, 0.1) is 16.6 Å². The molecule has 0 aliphatic carbocycles. The van der Waals surface area contributed by atoms with Gasteiger partial charge in [0.2, 0.25) is 5.91 Å². The first-order valence-electron chi connectivity index (χ1n) is 6.93. The van der Waals surface area contributed by atoms with Crippen LogP contribution in [-0.4, -0.2) is 25.0 Å². The summed E-state index contributed by atoms with van der Waals surface area (Å²) >= 11 is 11.6. The predicted octanol–water partition coefficient (Wildman–Crippen LogP) is 3.96. The Morgan fingerprint density at radius 3 is 2.32 bits per heavy atom. The monoisotopic (exact) mass is 388 g/mol. The number of hydrogen-bond acceptors (Lipinski definition) is 3. The second-order valence-electron chi connectivity index (χ2n) is 4.76. The van der Waals surface area contributed by atoms with Crippen molar-refractivity contribution in [1.82, 2.24) is 5.32 Å². The Bertz CT molecular complexity index is 770. The Hall–Kier alpha value is -2.38. The average molecular weight is 389 g/mol. The van der Waals surface area contributed by atoms with Crippen molar-refractivity contribution < 1.29 is 23.1 Å². The molecule has 9 heteroatoms. The molecule has 2 rings (SSSR count). The first-order chi connectivity index (χ1) is 11.8. The predicted molar refractivity (Wildman–Crippen MR) is 90.5 cm³/mol. The topological polar surface area (TPSA) is 67.4 Å². The van der Waals surface area contributed by atoms with E-state index in [4.69, 9.17) is 23.2 Å². The third-order valence-corrected chi connectivity index (χ3v) is 3.69. The minimum Gasteiger partial charge on any atom is -0.435 e. The summed E-state index contributed by atoms with van der Waals surface area (Å²) in [6, 6.07) is 9.71. The molecule has 0 bridgehead atoms. The zero-order valence-electron chi connectivity index (χ0n) is 12.6. The largest absolute Gasteiger partial charge is 0.435 e. The van der Waals surface area contributed by atoms with Gasteiger partial charge >= 0.3 is 6.61 Å². The fourth-order valence-corrected chi connectivity index (χ4v) is 2.12. The van der Waals surface area contributed by atoms with Crippen molar-refractivity contribution in [3.8, 4) is 5.75 Å². The van der Waals surface area contributed by atoms with E-state index in [0.717, 1.165) is 0 Å². The van der Waals surface area contributed by atoms with Crippen LogP contribution in [0, 0.1) is 0 Å². The highest BCUT2D eigenvalue weighted by Gasteiger charge is 2.10. The number of rotatable bonds is 6. The zero-order valence-corrected chi connectivity index (χ0v) is 14.1. The fourth-order valence-electron chi connectivity index (χ4n) is 1.82. The lowest BCUT2D eigenvalue weighted by Gasteiger charge is -2.09. The number of ether oxygens (including phenoxy) is 1. The van der Waals surface area contributed by atoms with Crippen LogP contribution in [0.4, 0.5) is 14.5 Å². The molecule has 0 atom stereocenters. The van der Waals surface area contributed by atoms with Crippen LogP contribution in [0.15, 0.2) is 42.5 Å². The van der Waals surface area contributed by atoms with Crippen molar-refractivity contribution >= 4 is 40.7 Å². The van der Waals surface area contributed by atoms with Gasteiger partial charge in [-0.1, -0.05) is 23.2 Å². The molecule has 132 valence electrons. The van der Waals surface area contributed by atoms with E-state index in [1.165, 1.54) is 42.5 Å². The Labute approximate surface area is 151 Å². The second-order valence-corrected chi connectivity index (χ2v) is 5.58. The maximum Gasteiger partial charge on any atom is 0.387 e. The van der Waals surface area contributed by atoms with Crippen molar-refractivity contribution in [3.05, 3.63) is 58.1 Å². The lowest BCUT2D eigenvalue weighted by atomic mass is 10.2. The minimum absolute atomic E-state index is 0.0269. The summed E-state index contributed by atoms with van der Waals surface area (Å²) in [6.45, 7) is -3.20. The van der Waals surface area contributed by atoms with Gasteiger partial charge in [-0.3, -0.25) is 9.59 Å².